The van der Waals surface area contributed by atoms with Crippen molar-refractivity contribution in [1.29, 1.82) is 0 Å². The highest BCUT2D eigenvalue weighted by Gasteiger charge is 2.39. The Kier molecular flexibility index (Phi) is 3.08. The third-order valence-corrected chi connectivity index (χ3v) is 2.83. The second kappa shape index (κ2) is 4.51. The minimum Gasteiger partial charge on any atom is -0.463 e. The molecule has 1 fully saturated rings. The highest BCUT2D eigenvalue weighted by Crippen LogP contribution is 2.37. The number of carbonyl (C=O) groups is 2. The molecule has 1 aliphatic carbocycles. The molecule has 0 spiro atoms. The van der Waals surface area contributed by atoms with E-state index in [2.05, 4.69) is 0 Å². The number of hydrogen-bond donors (Lipinski definition) is 0. The summed E-state index contributed by atoms with van der Waals surface area (Å²) in [4.78, 5) is 22.2. The summed E-state index contributed by atoms with van der Waals surface area (Å²) in [7, 11) is 0. The van der Waals surface area contributed by atoms with Crippen LogP contribution in [0.3, 0.4) is 0 Å². The van der Waals surface area contributed by atoms with Crippen molar-refractivity contribution < 1.29 is 19.1 Å². The van der Waals surface area contributed by atoms with Crippen LogP contribution in [0.5, 0.6) is 0 Å². The zero-order valence-electron chi connectivity index (χ0n) is 9.14. The Balaban J connectivity index is 1.96. The molecule has 0 N–H and O–H groups in total. The van der Waals surface area contributed by atoms with E-state index in [9.17, 15) is 9.59 Å². The highest BCUT2D eigenvalue weighted by molar-refractivity contribution is 5.82. The van der Waals surface area contributed by atoms with E-state index in [-0.39, 0.29) is 24.0 Å². The molecule has 0 aromatic rings. The lowest BCUT2D eigenvalue weighted by molar-refractivity contribution is -0.141. The smallest absolute Gasteiger partial charge is 0.330 e. The molecule has 1 heterocycles. The molecule has 0 aromatic heterocycles. The molecule has 0 radical (unpaired) electrons. The quantitative estimate of drug-likeness (QED) is 0.534. The van der Waals surface area contributed by atoms with Crippen molar-refractivity contribution >= 4 is 11.9 Å². The van der Waals surface area contributed by atoms with E-state index in [1.54, 1.807) is 13.0 Å². The fourth-order valence-electron chi connectivity index (χ4n) is 2.10. The molecule has 16 heavy (non-hydrogen) atoms. The standard InChI is InChI=1S/C12H14O4/c1-2-15-11(13)6-4-8-3-5-10-9(8)7-12(14)16-10/h3-4,6,9-10H,2,5,7H2,1H3/b6-4+/t9-,10+/m1/s1. The van der Waals surface area contributed by atoms with Crippen LogP contribution in [0, 0.1) is 5.92 Å². The third kappa shape index (κ3) is 2.15. The number of carbonyl (C=O) groups excluding carboxylic acids is 2. The van der Waals surface area contributed by atoms with Gasteiger partial charge in [-0.3, -0.25) is 4.79 Å². The van der Waals surface area contributed by atoms with Crippen LogP contribution >= 0.6 is 0 Å². The molecular weight excluding hydrogens is 208 g/mol. The van der Waals surface area contributed by atoms with Gasteiger partial charge in [-0.25, -0.2) is 4.79 Å². The molecule has 0 unspecified atom stereocenters. The Morgan fingerprint density at radius 3 is 3.25 bits per heavy atom. The van der Waals surface area contributed by atoms with E-state index in [1.165, 1.54) is 6.08 Å². The monoisotopic (exact) mass is 222 g/mol. The van der Waals surface area contributed by atoms with E-state index < -0.39 is 0 Å². The fraction of sp³-hybridized carbons (Fsp3) is 0.500. The molecular formula is C12H14O4. The molecule has 0 aromatic carbocycles. The van der Waals surface area contributed by atoms with Crippen molar-refractivity contribution in [3.8, 4) is 0 Å². The Morgan fingerprint density at radius 2 is 2.50 bits per heavy atom. The third-order valence-electron chi connectivity index (χ3n) is 2.83. The molecule has 1 aliphatic heterocycles. The van der Waals surface area contributed by atoms with Crippen molar-refractivity contribution in [3.05, 3.63) is 23.8 Å². The molecule has 0 bridgehead atoms. The average molecular weight is 222 g/mol. The van der Waals surface area contributed by atoms with Crippen molar-refractivity contribution in [2.45, 2.75) is 25.9 Å². The topological polar surface area (TPSA) is 52.6 Å². The maximum atomic E-state index is 11.1. The average Bonchev–Trinajstić information content (AvgIpc) is 2.75. The molecule has 1 saturated heterocycles. The molecule has 4 nitrogen and oxygen atoms in total. The lowest BCUT2D eigenvalue weighted by Crippen LogP contribution is -2.10. The Hall–Kier alpha value is -1.58. The van der Waals surface area contributed by atoms with Crippen molar-refractivity contribution in [3.63, 3.8) is 0 Å². The first-order valence-corrected chi connectivity index (χ1v) is 5.45. The first kappa shape index (κ1) is 10.9. The first-order chi connectivity index (χ1) is 7.70. The lowest BCUT2D eigenvalue weighted by Gasteiger charge is -2.08. The second-order valence-corrected chi connectivity index (χ2v) is 3.86. The van der Waals surface area contributed by atoms with E-state index in [0.29, 0.717) is 13.0 Å². The minimum atomic E-state index is -0.350. The van der Waals surface area contributed by atoms with Gasteiger partial charge < -0.3 is 9.47 Å². The second-order valence-electron chi connectivity index (χ2n) is 3.86. The van der Waals surface area contributed by atoms with Crippen LogP contribution in [-0.4, -0.2) is 24.6 Å². The summed E-state index contributed by atoms with van der Waals surface area (Å²) in [6.07, 6.45) is 6.29. The van der Waals surface area contributed by atoms with Gasteiger partial charge in [-0.05, 0) is 12.5 Å². The molecule has 2 rings (SSSR count). The zero-order chi connectivity index (χ0) is 11.5. The summed E-state index contributed by atoms with van der Waals surface area (Å²) in [5.74, 6) is -0.375. The van der Waals surface area contributed by atoms with E-state index in [0.717, 1.165) is 12.0 Å². The normalized spacial score (nSPS) is 27.8. The van der Waals surface area contributed by atoms with Gasteiger partial charge in [-0.15, -0.1) is 0 Å². The van der Waals surface area contributed by atoms with Gasteiger partial charge >= 0.3 is 11.9 Å². The number of ether oxygens (including phenoxy) is 2. The van der Waals surface area contributed by atoms with Crippen molar-refractivity contribution in [1.82, 2.24) is 0 Å². The van der Waals surface area contributed by atoms with Gasteiger partial charge in [-0.1, -0.05) is 12.2 Å². The highest BCUT2D eigenvalue weighted by atomic mass is 16.6. The van der Waals surface area contributed by atoms with Crippen LogP contribution in [0.2, 0.25) is 0 Å². The predicted octanol–water partition coefficient (Wildman–Crippen LogP) is 1.37. The Labute approximate surface area is 93.9 Å². The Morgan fingerprint density at radius 1 is 1.69 bits per heavy atom. The van der Waals surface area contributed by atoms with Crippen molar-refractivity contribution in [2.75, 3.05) is 6.61 Å². The summed E-state index contributed by atoms with van der Waals surface area (Å²) in [5, 5.41) is 0. The molecule has 2 aliphatic rings. The van der Waals surface area contributed by atoms with Crippen LogP contribution in [0.25, 0.3) is 0 Å². The van der Waals surface area contributed by atoms with E-state index in [1.807, 2.05) is 6.08 Å². The zero-order valence-corrected chi connectivity index (χ0v) is 9.14. The predicted molar refractivity (Wildman–Crippen MR) is 56.5 cm³/mol. The van der Waals surface area contributed by atoms with Crippen LogP contribution in [0.15, 0.2) is 23.8 Å². The van der Waals surface area contributed by atoms with Gasteiger partial charge in [-0.2, -0.15) is 0 Å². The summed E-state index contributed by atoms with van der Waals surface area (Å²) in [6, 6.07) is 0. The van der Waals surface area contributed by atoms with Gasteiger partial charge in [0.05, 0.1) is 13.0 Å². The van der Waals surface area contributed by atoms with E-state index in [4.69, 9.17) is 9.47 Å². The fourth-order valence-corrected chi connectivity index (χ4v) is 2.10. The van der Waals surface area contributed by atoms with Crippen LogP contribution in [0.4, 0.5) is 0 Å². The SMILES string of the molecule is CCOC(=O)/C=C/C1=CC[C@@H]2OC(=O)C[C@H]12. The van der Waals surface area contributed by atoms with Crippen LogP contribution in [0.1, 0.15) is 19.8 Å². The lowest BCUT2D eigenvalue weighted by atomic mass is 9.98. The van der Waals surface area contributed by atoms with Crippen LogP contribution < -0.4 is 0 Å². The molecule has 4 heteroatoms. The number of hydrogen-bond acceptors (Lipinski definition) is 4. The van der Waals surface area contributed by atoms with Gasteiger partial charge in [0.1, 0.15) is 6.10 Å². The van der Waals surface area contributed by atoms with Gasteiger partial charge in [0.15, 0.2) is 0 Å². The van der Waals surface area contributed by atoms with Gasteiger partial charge in [0.25, 0.3) is 0 Å². The number of allylic oxidation sites excluding steroid dienone is 1. The van der Waals surface area contributed by atoms with Gasteiger partial charge in [0, 0.05) is 18.4 Å². The summed E-state index contributed by atoms with van der Waals surface area (Å²) >= 11 is 0. The number of esters is 2. The van der Waals surface area contributed by atoms with E-state index >= 15 is 0 Å². The minimum absolute atomic E-state index is 0.0191. The maximum absolute atomic E-state index is 11.1. The summed E-state index contributed by atoms with van der Waals surface area (Å²) < 4.78 is 9.91. The molecule has 0 amide bonds. The number of rotatable bonds is 3. The molecule has 86 valence electrons. The van der Waals surface area contributed by atoms with Crippen molar-refractivity contribution in [2.24, 2.45) is 5.92 Å². The van der Waals surface area contributed by atoms with Crippen LogP contribution in [-0.2, 0) is 19.1 Å². The first-order valence-electron chi connectivity index (χ1n) is 5.45. The number of fused-ring (bicyclic) bond motifs is 1. The largest absolute Gasteiger partial charge is 0.463 e. The molecule has 0 saturated carbocycles. The van der Waals surface area contributed by atoms with Gasteiger partial charge in [0.2, 0.25) is 0 Å². The maximum Gasteiger partial charge on any atom is 0.330 e. The summed E-state index contributed by atoms with van der Waals surface area (Å²) in [6.45, 7) is 2.13. The Bertz CT molecular complexity index is 367. The summed E-state index contributed by atoms with van der Waals surface area (Å²) in [5.41, 5.74) is 1.00. The molecule has 2 atom stereocenters.